The molecule has 1 N–H and O–H groups in total. The van der Waals surface area contributed by atoms with Crippen LogP contribution in [-0.2, 0) is 5.75 Å². The van der Waals surface area contributed by atoms with E-state index in [1.807, 2.05) is 30.3 Å². The number of thioether (sulfide) groups is 1. The first-order valence-electron chi connectivity index (χ1n) is 5.35. The van der Waals surface area contributed by atoms with Crippen molar-refractivity contribution in [3.8, 4) is 0 Å². The van der Waals surface area contributed by atoms with Crippen LogP contribution in [0.3, 0.4) is 0 Å². The number of aryl methyl sites for hydroxylation is 1. The summed E-state index contributed by atoms with van der Waals surface area (Å²) in [7, 11) is 0. The van der Waals surface area contributed by atoms with Gasteiger partial charge in [0.2, 0.25) is 11.8 Å². The number of benzene rings is 1. The summed E-state index contributed by atoms with van der Waals surface area (Å²) in [6, 6.07) is 9.61. The van der Waals surface area contributed by atoms with E-state index in [0.29, 0.717) is 23.3 Å². The molecule has 0 bridgehead atoms. The summed E-state index contributed by atoms with van der Waals surface area (Å²) < 4.78 is 5.25. The van der Waals surface area contributed by atoms with Crippen LogP contribution in [0.25, 0.3) is 0 Å². The summed E-state index contributed by atoms with van der Waals surface area (Å²) in [6.07, 6.45) is -0.454. The van der Waals surface area contributed by atoms with Gasteiger partial charge in [0, 0.05) is 12.7 Å². The molecule has 2 aromatic rings. The molecular weight excluding hydrogens is 236 g/mol. The molecule has 0 unspecified atom stereocenters. The fraction of sp³-hybridized carbons (Fsp3) is 0.333. The molecule has 0 saturated heterocycles. The van der Waals surface area contributed by atoms with E-state index in [4.69, 9.17) is 4.42 Å². The fourth-order valence-electron chi connectivity index (χ4n) is 1.43. The topological polar surface area (TPSA) is 59.2 Å². The molecule has 0 saturated carbocycles. The van der Waals surface area contributed by atoms with E-state index in [1.165, 1.54) is 0 Å². The Morgan fingerprint density at radius 2 is 2.06 bits per heavy atom. The average Bonchev–Trinajstić information content (AvgIpc) is 2.76. The second kappa shape index (κ2) is 5.84. The molecule has 0 fully saturated rings. The van der Waals surface area contributed by atoms with E-state index in [9.17, 15) is 5.11 Å². The van der Waals surface area contributed by atoms with Crippen LogP contribution in [0, 0.1) is 6.92 Å². The molecule has 1 aromatic heterocycles. The van der Waals surface area contributed by atoms with Crippen molar-refractivity contribution in [3.63, 3.8) is 0 Å². The monoisotopic (exact) mass is 250 g/mol. The third-order valence-electron chi connectivity index (χ3n) is 2.25. The Bertz CT molecular complexity index is 459. The summed E-state index contributed by atoms with van der Waals surface area (Å²) in [6.45, 7) is 1.76. The smallest absolute Gasteiger partial charge is 0.226 e. The predicted molar refractivity (Wildman–Crippen MR) is 66.6 cm³/mol. The van der Waals surface area contributed by atoms with Crippen molar-refractivity contribution < 1.29 is 9.52 Å². The second-order valence-electron chi connectivity index (χ2n) is 3.66. The highest BCUT2D eigenvalue weighted by molar-refractivity contribution is 7.98. The van der Waals surface area contributed by atoms with Crippen LogP contribution in [0.4, 0.5) is 0 Å². The van der Waals surface area contributed by atoms with Gasteiger partial charge in [0.1, 0.15) is 0 Å². The van der Waals surface area contributed by atoms with Crippen LogP contribution in [0.1, 0.15) is 23.4 Å². The maximum absolute atomic E-state index is 9.92. The Kier molecular flexibility index (Phi) is 4.17. The summed E-state index contributed by atoms with van der Waals surface area (Å²) in [5.41, 5.74) is 0.932. The first-order chi connectivity index (χ1) is 8.25. The molecule has 1 heterocycles. The van der Waals surface area contributed by atoms with E-state index in [2.05, 4.69) is 10.2 Å². The molecule has 0 aliphatic heterocycles. The number of aromatic nitrogens is 2. The average molecular weight is 250 g/mol. The van der Waals surface area contributed by atoms with E-state index in [-0.39, 0.29) is 0 Å². The Morgan fingerprint density at radius 1 is 1.29 bits per heavy atom. The molecule has 0 radical (unpaired) electrons. The number of rotatable bonds is 5. The molecule has 1 aromatic carbocycles. The van der Waals surface area contributed by atoms with Gasteiger partial charge in [-0.15, -0.1) is 22.0 Å². The minimum atomic E-state index is -0.454. The van der Waals surface area contributed by atoms with Gasteiger partial charge >= 0.3 is 0 Å². The SMILES string of the molecule is Cc1nnc(CSC[C@@H](O)c2ccccc2)o1. The van der Waals surface area contributed by atoms with Crippen LogP contribution < -0.4 is 0 Å². The van der Waals surface area contributed by atoms with E-state index in [1.54, 1.807) is 18.7 Å². The van der Waals surface area contributed by atoms with Crippen molar-refractivity contribution in [3.05, 3.63) is 47.7 Å². The molecule has 4 nitrogen and oxygen atoms in total. The lowest BCUT2D eigenvalue weighted by Gasteiger charge is -2.09. The van der Waals surface area contributed by atoms with E-state index < -0.39 is 6.10 Å². The number of hydrogen-bond acceptors (Lipinski definition) is 5. The molecule has 17 heavy (non-hydrogen) atoms. The molecule has 2 rings (SSSR count). The lowest BCUT2D eigenvalue weighted by Crippen LogP contribution is -2.00. The maximum atomic E-state index is 9.92. The van der Waals surface area contributed by atoms with Crippen molar-refractivity contribution >= 4 is 11.8 Å². The highest BCUT2D eigenvalue weighted by Gasteiger charge is 2.08. The van der Waals surface area contributed by atoms with Crippen molar-refractivity contribution in [2.24, 2.45) is 0 Å². The Labute approximate surface area is 104 Å². The number of aliphatic hydroxyl groups is 1. The lowest BCUT2D eigenvalue weighted by molar-refractivity contribution is 0.204. The highest BCUT2D eigenvalue weighted by atomic mass is 32.2. The normalized spacial score (nSPS) is 12.6. The van der Waals surface area contributed by atoms with Gasteiger partial charge in [0.25, 0.3) is 0 Å². The maximum Gasteiger partial charge on any atom is 0.226 e. The van der Waals surface area contributed by atoms with Crippen molar-refractivity contribution in [1.29, 1.82) is 0 Å². The molecule has 0 amide bonds. The number of hydrogen-bond donors (Lipinski definition) is 1. The summed E-state index contributed by atoms with van der Waals surface area (Å²) in [4.78, 5) is 0. The summed E-state index contributed by atoms with van der Waals surface area (Å²) in [5.74, 6) is 2.42. The quantitative estimate of drug-likeness (QED) is 0.882. The predicted octanol–water partition coefficient (Wildman–Crippen LogP) is 2.34. The minimum absolute atomic E-state index is 0.454. The lowest BCUT2D eigenvalue weighted by atomic mass is 10.1. The van der Waals surface area contributed by atoms with Gasteiger partial charge in [-0.25, -0.2) is 0 Å². The van der Waals surface area contributed by atoms with Crippen LogP contribution in [0.5, 0.6) is 0 Å². The molecule has 5 heteroatoms. The third-order valence-corrected chi connectivity index (χ3v) is 3.26. The molecule has 90 valence electrons. The van der Waals surface area contributed by atoms with Crippen molar-refractivity contribution in [1.82, 2.24) is 10.2 Å². The van der Waals surface area contributed by atoms with Crippen LogP contribution >= 0.6 is 11.8 Å². The van der Waals surface area contributed by atoms with Crippen LogP contribution in [0.2, 0.25) is 0 Å². The van der Waals surface area contributed by atoms with Crippen molar-refractivity contribution in [2.45, 2.75) is 18.8 Å². The molecular formula is C12H14N2O2S. The van der Waals surface area contributed by atoms with Gasteiger partial charge in [0.05, 0.1) is 11.9 Å². The summed E-state index contributed by atoms with van der Waals surface area (Å²) in [5, 5.41) is 17.6. The van der Waals surface area contributed by atoms with E-state index in [0.717, 1.165) is 5.56 Å². The first-order valence-corrected chi connectivity index (χ1v) is 6.51. The second-order valence-corrected chi connectivity index (χ2v) is 4.69. The van der Waals surface area contributed by atoms with Gasteiger partial charge in [-0.3, -0.25) is 0 Å². The van der Waals surface area contributed by atoms with Gasteiger partial charge < -0.3 is 9.52 Å². The highest BCUT2D eigenvalue weighted by Crippen LogP contribution is 2.20. The standard InChI is InChI=1S/C12H14N2O2S/c1-9-13-14-12(16-9)8-17-7-11(15)10-5-3-2-4-6-10/h2-6,11,15H,7-8H2,1H3/t11-/m1/s1. The van der Waals surface area contributed by atoms with Gasteiger partial charge in [-0.1, -0.05) is 30.3 Å². The largest absolute Gasteiger partial charge is 0.425 e. The zero-order valence-electron chi connectivity index (χ0n) is 9.54. The van der Waals surface area contributed by atoms with Crippen LogP contribution in [0.15, 0.2) is 34.7 Å². The van der Waals surface area contributed by atoms with Gasteiger partial charge in [-0.05, 0) is 5.56 Å². The molecule has 0 aliphatic carbocycles. The first kappa shape index (κ1) is 12.1. The molecule has 0 spiro atoms. The Hall–Kier alpha value is -1.33. The minimum Gasteiger partial charge on any atom is -0.425 e. The zero-order chi connectivity index (χ0) is 12.1. The number of nitrogens with zero attached hydrogens (tertiary/aromatic N) is 2. The molecule has 0 aliphatic rings. The van der Waals surface area contributed by atoms with Crippen molar-refractivity contribution in [2.75, 3.05) is 5.75 Å². The van der Waals surface area contributed by atoms with E-state index >= 15 is 0 Å². The Morgan fingerprint density at radius 3 is 2.71 bits per heavy atom. The third kappa shape index (κ3) is 3.57. The number of aliphatic hydroxyl groups excluding tert-OH is 1. The van der Waals surface area contributed by atoms with Gasteiger partial charge in [-0.2, -0.15) is 0 Å². The van der Waals surface area contributed by atoms with Crippen LogP contribution in [-0.4, -0.2) is 21.1 Å². The fourth-order valence-corrected chi connectivity index (χ4v) is 2.25. The van der Waals surface area contributed by atoms with Gasteiger partial charge in [0.15, 0.2) is 0 Å². The molecule has 1 atom stereocenters. The summed E-state index contributed by atoms with van der Waals surface area (Å²) >= 11 is 1.58. The zero-order valence-corrected chi connectivity index (χ0v) is 10.4. The Balaban J connectivity index is 1.79.